The van der Waals surface area contributed by atoms with Crippen LogP contribution in [0.1, 0.15) is 78.2 Å². The summed E-state index contributed by atoms with van der Waals surface area (Å²) in [5.41, 5.74) is 1.27. The summed E-state index contributed by atoms with van der Waals surface area (Å²) >= 11 is 0. The number of carboxylic acids is 1. The Labute approximate surface area is 208 Å². The van der Waals surface area contributed by atoms with Crippen molar-refractivity contribution in [2.75, 3.05) is 13.2 Å². The van der Waals surface area contributed by atoms with Gasteiger partial charge in [0, 0.05) is 18.5 Å². The van der Waals surface area contributed by atoms with Crippen molar-refractivity contribution in [1.82, 2.24) is 4.90 Å². The number of carbonyl (C=O) groups is 1. The standard InChI is InChI=1S/C28H32F5NO2/c1-16-8-21-14-20(27(35)36)5-6-22(21)26(34(16)15-28(2,32)33)25-23(30)12-19(13-24(25)31)11-18-9-17(10-18)4-3-7-29/h5-6,12-14,16-18,26H,3-4,7-11,15H2,1-2H3,(H,35,36)/t16-,17?,18?,26+/m1/s1. The van der Waals surface area contributed by atoms with Gasteiger partial charge in [0.15, 0.2) is 0 Å². The van der Waals surface area contributed by atoms with Crippen LogP contribution in [0, 0.1) is 23.5 Å². The minimum Gasteiger partial charge on any atom is -0.478 e. The van der Waals surface area contributed by atoms with Crippen LogP contribution < -0.4 is 0 Å². The van der Waals surface area contributed by atoms with Crippen LogP contribution in [-0.2, 0) is 12.8 Å². The number of hydrogen-bond donors (Lipinski definition) is 1. The lowest BCUT2D eigenvalue weighted by Crippen LogP contribution is -2.48. The van der Waals surface area contributed by atoms with Gasteiger partial charge in [0.25, 0.3) is 5.92 Å². The second-order valence-corrected chi connectivity index (χ2v) is 10.6. The van der Waals surface area contributed by atoms with Crippen molar-refractivity contribution in [3.05, 3.63) is 69.8 Å². The number of alkyl halides is 3. The smallest absolute Gasteiger partial charge is 0.335 e. The number of nitrogens with zero attached hydrogens (tertiary/aromatic N) is 1. The molecule has 2 atom stereocenters. The molecule has 2 aromatic rings. The molecule has 1 N–H and O–H groups in total. The number of carboxylic acid groups (broad SMARTS) is 1. The van der Waals surface area contributed by atoms with Crippen LogP contribution in [0.2, 0.25) is 0 Å². The highest BCUT2D eigenvalue weighted by molar-refractivity contribution is 5.88. The Morgan fingerprint density at radius 3 is 2.36 bits per heavy atom. The Hall–Kier alpha value is -2.48. The van der Waals surface area contributed by atoms with Gasteiger partial charge in [-0.3, -0.25) is 9.29 Å². The Bertz CT molecular complexity index is 1090. The molecule has 2 aromatic carbocycles. The van der Waals surface area contributed by atoms with E-state index in [0.717, 1.165) is 26.2 Å². The zero-order valence-electron chi connectivity index (χ0n) is 20.5. The molecule has 0 aromatic heterocycles. The van der Waals surface area contributed by atoms with Crippen molar-refractivity contribution in [2.24, 2.45) is 11.8 Å². The largest absolute Gasteiger partial charge is 0.478 e. The molecular formula is C28H32F5NO2. The average molecular weight is 510 g/mol. The zero-order chi connectivity index (χ0) is 26.2. The quantitative estimate of drug-likeness (QED) is 0.371. The summed E-state index contributed by atoms with van der Waals surface area (Å²) in [7, 11) is 0. The van der Waals surface area contributed by atoms with E-state index in [0.29, 0.717) is 41.4 Å². The maximum absolute atomic E-state index is 15.6. The van der Waals surface area contributed by atoms with E-state index >= 15 is 8.78 Å². The summed E-state index contributed by atoms with van der Waals surface area (Å²) in [6.45, 7) is 1.45. The number of rotatable bonds is 9. The molecule has 8 heteroatoms. The normalized spacial score (nSPS) is 24.3. The van der Waals surface area contributed by atoms with Crippen LogP contribution in [0.3, 0.4) is 0 Å². The fourth-order valence-electron chi connectivity index (χ4n) is 5.93. The van der Waals surface area contributed by atoms with Gasteiger partial charge in [-0.05, 0) is 98.2 Å². The first-order chi connectivity index (χ1) is 17.0. The van der Waals surface area contributed by atoms with E-state index in [1.165, 1.54) is 35.2 Å². The average Bonchev–Trinajstić information content (AvgIpc) is 2.75. The highest BCUT2D eigenvalue weighted by atomic mass is 19.3. The summed E-state index contributed by atoms with van der Waals surface area (Å²) in [5, 5.41) is 9.37. The highest BCUT2D eigenvalue weighted by Crippen LogP contribution is 2.43. The molecule has 1 fully saturated rings. The Morgan fingerprint density at radius 1 is 1.11 bits per heavy atom. The van der Waals surface area contributed by atoms with Crippen molar-refractivity contribution in [1.29, 1.82) is 0 Å². The molecule has 0 spiro atoms. The molecule has 0 amide bonds. The molecule has 196 valence electrons. The molecule has 1 aliphatic heterocycles. The van der Waals surface area contributed by atoms with Crippen LogP contribution in [-0.4, -0.2) is 41.2 Å². The maximum Gasteiger partial charge on any atom is 0.335 e. The van der Waals surface area contributed by atoms with Crippen LogP contribution in [0.5, 0.6) is 0 Å². The van der Waals surface area contributed by atoms with Gasteiger partial charge < -0.3 is 5.11 Å². The minimum absolute atomic E-state index is 0.0376. The van der Waals surface area contributed by atoms with Crippen LogP contribution >= 0.6 is 0 Å². The zero-order valence-corrected chi connectivity index (χ0v) is 20.5. The molecule has 0 saturated heterocycles. The molecule has 36 heavy (non-hydrogen) atoms. The second kappa shape index (κ2) is 10.5. The fraction of sp³-hybridized carbons (Fsp3) is 0.536. The molecule has 3 nitrogen and oxygen atoms in total. The summed E-state index contributed by atoms with van der Waals surface area (Å²) in [4.78, 5) is 12.9. The molecule has 2 aliphatic rings. The van der Waals surface area contributed by atoms with E-state index in [-0.39, 0.29) is 24.2 Å². The Balaban J connectivity index is 1.67. The van der Waals surface area contributed by atoms with Crippen molar-refractivity contribution in [2.45, 2.75) is 70.4 Å². The van der Waals surface area contributed by atoms with E-state index in [1.807, 2.05) is 0 Å². The molecular weight excluding hydrogens is 477 g/mol. The van der Waals surface area contributed by atoms with Gasteiger partial charge >= 0.3 is 5.97 Å². The van der Waals surface area contributed by atoms with Crippen LogP contribution in [0.15, 0.2) is 30.3 Å². The van der Waals surface area contributed by atoms with Crippen LogP contribution in [0.25, 0.3) is 0 Å². The Kier molecular flexibility index (Phi) is 7.74. The summed E-state index contributed by atoms with van der Waals surface area (Å²) < 4.78 is 71.8. The highest BCUT2D eigenvalue weighted by Gasteiger charge is 2.41. The monoisotopic (exact) mass is 509 g/mol. The molecule has 0 radical (unpaired) electrons. The van der Waals surface area contributed by atoms with E-state index in [2.05, 4.69) is 0 Å². The number of fused-ring (bicyclic) bond motifs is 1. The van der Waals surface area contributed by atoms with Crippen molar-refractivity contribution in [3.63, 3.8) is 0 Å². The SMILES string of the molecule is C[C@@H]1Cc2cc(C(=O)O)ccc2[C@@H](c2c(F)cc(CC3CC(CCCF)C3)cc2F)N1CC(C)(F)F. The first-order valence-corrected chi connectivity index (χ1v) is 12.5. The number of aromatic carboxylic acids is 1. The van der Waals surface area contributed by atoms with Crippen molar-refractivity contribution in [3.8, 4) is 0 Å². The third-order valence-electron chi connectivity index (χ3n) is 7.57. The van der Waals surface area contributed by atoms with Gasteiger partial charge in [-0.15, -0.1) is 0 Å². The molecule has 4 rings (SSSR count). The van der Waals surface area contributed by atoms with Gasteiger partial charge in [-0.25, -0.2) is 22.4 Å². The predicted molar refractivity (Wildman–Crippen MR) is 127 cm³/mol. The van der Waals surface area contributed by atoms with E-state index in [1.54, 1.807) is 6.92 Å². The Morgan fingerprint density at radius 2 is 1.78 bits per heavy atom. The van der Waals surface area contributed by atoms with E-state index in [9.17, 15) is 23.1 Å². The third kappa shape index (κ3) is 5.74. The topological polar surface area (TPSA) is 40.5 Å². The number of hydrogen-bond acceptors (Lipinski definition) is 2. The lowest BCUT2D eigenvalue weighted by Gasteiger charge is -2.43. The minimum atomic E-state index is -3.10. The van der Waals surface area contributed by atoms with Gasteiger partial charge in [-0.1, -0.05) is 6.07 Å². The maximum atomic E-state index is 15.6. The summed E-state index contributed by atoms with van der Waals surface area (Å²) in [5.74, 6) is -5.07. The lowest BCUT2D eigenvalue weighted by molar-refractivity contribution is -0.0371. The molecule has 1 heterocycles. The van der Waals surface area contributed by atoms with Crippen molar-refractivity contribution < 1.29 is 31.9 Å². The summed E-state index contributed by atoms with van der Waals surface area (Å²) in [6, 6.07) is 5.26. The molecule has 1 saturated carbocycles. The fourth-order valence-corrected chi connectivity index (χ4v) is 5.93. The molecule has 1 aliphatic carbocycles. The first-order valence-electron chi connectivity index (χ1n) is 12.5. The van der Waals surface area contributed by atoms with Gasteiger partial charge in [0.2, 0.25) is 0 Å². The summed E-state index contributed by atoms with van der Waals surface area (Å²) in [6.07, 6.45) is 3.98. The van der Waals surface area contributed by atoms with Gasteiger partial charge in [0.05, 0.1) is 24.8 Å². The predicted octanol–water partition coefficient (Wildman–Crippen LogP) is 6.97. The number of halogens is 5. The molecule has 0 bridgehead atoms. The number of benzene rings is 2. The third-order valence-corrected chi connectivity index (χ3v) is 7.57. The van der Waals surface area contributed by atoms with Crippen molar-refractivity contribution >= 4 is 5.97 Å². The second-order valence-electron chi connectivity index (χ2n) is 10.6. The van der Waals surface area contributed by atoms with E-state index < -0.39 is 42.2 Å². The molecule has 0 unspecified atom stereocenters. The van der Waals surface area contributed by atoms with Gasteiger partial charge in [-0.2, -0.15) is 0 Å². The first kappa shape index (κ1) is 26.6. The lowest BCUT2D eigenvalue weighted by atomic mass is 9.70. The van der Waals surface area contributed by atoms with E-state index in [4.69, 9.17) is 0 Å². The van der Waals surface area contributed by atoms with Gasteiger partial charge in [0.1, 0.15) is 11.6 Å². The van der Waals surface area contributed by atoms with Crippen LogP contribution in [0.4, 0.5) is 22.0 Å².